The summed E-state index contributed by atoms with van der Waals surface area (Å²) in [5.41, 5.74) is 2.11. The Morgan fingerprint density at radius 3 is 2.43 bits per heavy atom. The predicted octanol–water partition coefficient (Wildman–Crippen LogP) is 5.86. The summed E-state index contributed by atoms with van der Waals surface area (Å²) in [6, 6.07) is 9.81. The number of pyridine rings is 1. The molecule has 7 nitrogen and oxygen atoms in total. The summed E-state index contributed by atoms with van der Waals surface area (Å²) < 4.78 is 86.1. The number of nitrogens with one attached hydrogen (secondary N) is 1. The first-order valence-corrected chi connectivity index (χ1v) is 13.2. The first kappa shape index (κ1) is 29.1. The van der Waals surface area contributed by atoms with Crippen LogP contribution in [0.2, 0.25) is 0 Å². The number of benzene rings is 2. The summed E-state index contributed by atoms with van der Waals surface area (Å²) in [6.07, 6.45) is -3.02. The average Bonchev–Trinajstić information content (AvgIpc) is 3.29. The highest BCUT2D eigenvalue weighted by molar-refractivity contribution is 5.94. The molecule has 42 heavy (non-hydrogen) atoms. The number of anilines is 2. The van der Waals surface area contributed by atoms with Crippen LogP contribution >= 0.6 is 0 Å². The van der Waals surface area contributed by atoms with Crippen LogP contribution in [0.1, 0.15) is 35.6 Å². The third kappa shape index (κ3) is 6.09. The monoisotopic (exact) mass is 591 g/mol. The molecule has 3 heterocycles. The molecule has 0 aliphatic carbocycles. The van der Waals surface area contributed by atoms with Gasteiger partial charge in [0, 0.05) is 50.6 Å². The van der Waals surface area contributed by atoms with Crippen LogP contribution < -0.4 is 19.9 Å². The maximum Gasteiger partial charge on any atom is 0.573 e. The van der Waals surface area contributed by atoms with Gasteiger partial charge in [-0.25, -0.2) is 18.2 Å². The number of alkyl halides is 3. The van der Waals surface area contributed by atoms with Gasteiger partial charge in [0.2, 0.25) is 0 Å². The fraction of sp³-hybridized carbons (Fsp3) is 0.310. The van der Waals surface area contributed by atoms with Gasteiger partial charge in [0.05, 0.1) is 17.1 Å². The van der Waals surface area contributed by atoms with Crippen LogP contribution in [0, 0.1) is 17.5 Å². The highest BCUT2D eigenvalue weighted by atomic mass is 19.4. The normalized spacial score (nSPS) is 15.8. The number of carbonyl (C=O) groups excluding carboxylic acids is 1. The van der Waals surface area contributed by atoms with E-state index in [1.54, 1.807) is 17.0 Å². The molecule has 0 saturated carbocycles. The van der Waals surface area contributed by atoms with E-state index in [4.69, 9.17) is 0 Å². The molecule has 0 bridgehead atoms. The van der Waals surface area contributed by atoms with Crippen LogP contribution in [0.5, 0.6) is 5.75 Å². The standard InChI is InChI=1S/C29H27F6N5O2/c1-3-23-27(40-9-8-19(30)13-26(40)37-23)28(41)36-15-18-4-6-24(21(31)12-18)38-10-11-39(17(2)16-38)25-7-5-20(14-22(25)32)42-29(33,34)35/h4-9,12-14,17H,3,10-11,15-16H2,1-2H3,(H,36,41)/t17-/m0/s1. The molecule has 1 amide bonds. The number of amides is 1. The minimum absolute atomic E-state index is 0.0467. The van der Waals surface area contributed by atoms with Gasteiger partial charge in [0.1, 0.15) is 34.5 Å². The van der Waals surface area contributed by atoms with Gasteiger partial charge in [-0.2, -0.15) is 0 Å². The molecule has 1 saturated heterocycles. The zero-order chi connectivity index (χ0) is 30.2. The van der Waals surface area contributed by atoms with E-state index in [1.807, 2.05) is 18.7 Å². The van der Waals surface area contributed by atoms with Gasteiger partial charge in [0.25, 0.3) is 5.91 Å². The molecule has 4 aromatic rings. The van der Waals surface area contributed by atoms with Gasteiger partial charge in [-0.05, 0) is 49.2 Å². The average molecular weight is 592 g/mol. The summed E-state index contributed by atoms with van der Waals surface area (Å²) in [4.78, 5) is 20.8. The Morgan fingerprint density at radius 2 is 1.76 bits per heavy atom. The molecule has 1 aliphatic rings. The van der Waals surface area contributed by atoms with Crippen molar-refractivity contribution in [1.29, 1.82) is 0 Å². The maximum atomic E-state index is 15.2. The first-order valence-electron chi connectivity index (χ1n) is 13.2. The van der Waals surface area contributed by atoms with Crippen molar-refractivity contribution >= 4 is 22.9 Å². The summed E-state index contributed by atoms with van der Waals surface area (Å²) in [7, 11) is 0. The third-order valence-electron chi connectivity index (χ3n) is 7.11. The number of halogens is 6. The molecule has 2 aromatic heterocycles. The second-order valence-electron chi connectivity index (χ2n) is 9.95. The summed E-state index contributed by atoms with van der Waals surface area (Å²) in [6.45, 7) is 4.67. The molecular weight excluding hydrogens is 564 g/mol. The number of ether oxygens (including phenoxy) is 1. The van der Waals surface area contributed by atoms with Crippen LogP contribution in [-0.2, 0) is 13.0 Å². The van der Waals surface area contributed by atoms with E-state index in [9.17, 15) is 26.7 Å². The van der Waals surface area contributed by atoms with Gasteiger partial charge in [-0.3, -0.25) is 9.20 Å². The van der Waals surface area contributed by atoms with E-state index in [1.165, 1.54) is 34.9 Å². The van der Waals surface area contributed by atoms with Gasteiger partial charge in [-0.15, -0.1) is 13.2 Å². The van der Waals surface area contributed by atoms with Crippen LogP contribution in [-0.4, -0.2) is 47.3 Å². The van der Waals surface area contributed by atoms with E-state index in [0.717, 1.165) is 6.07 Å². The second kappa shape index (κ2) is 11.5. The van der Waals surface area contributed by atoms with Crippen molar-refractivity contribution in [3.05, 3.63) is 89.1 Å². The molecular formula is C29H27F6N5O2. The van der Waals surface area contributed by atoms with Crippen molar-refractivity contribution in [2.75, 3.05) is 29.4 Å². The molecule has 5 rings (SSSR count). The van der Waals surface area contributed by atoms with Crippen LogP contribution in [0.3, 0.4) is 0 Å². The Hall–Kier alpha value is -4.42. The van der Waals surface area contributed by atoms with Gasteiger partial charge >= 0.3 is 6.36 Å². The lowest BCUT2D eigenvalue weighted by Crippen LogP contribution is -2.52. The molecule has 1 aliphatic heterocycles. The molecule has 1 fully saturated rings. The Bertz CT molecular complexity index is 1620. The smallest absolute Gasteiger partial charge is 0.406 e. The number of aromatic nitrogens is 2. The highest BCUT2D eigenvalue weighted by Crippen LogP contribution is 2.31. The fourth-order valence-electron chi connectivity index (χ4n) is 5.19. The van der Waals surface area contributed by atoms with E-state index < -0.39 is 35.5 Å². The Kier molecular flexibility index (Phi) is 7.93. The molecule has 222 valence electrons. The quantitative estimate of drug-likeness (QED) is 0.273. The molecule has 0 radical (unpaired) electrons. The molecule has 1 N–H and O–H groups in total. The van der Waals surface area contributed by atoms with Gasteiger partial charge in [0.15, 0.2) is 0 Å². The number of nitrogens with zero attached hydrogens (tertiary/aromatic N) is 4. The Balaban J connectivity index is 1.23. The number of aryl methyl sites for hydroxylation is 1. The van der Waals surface area contributed by atoms with Crippen molar-refractivity contribution in [2.24, 2.45) is 0 Å². The lowest BCUT2D eigenvalue weighted by atomic mass is 10.1. The number of fused-ring (bicyclic) bond motifs is 1. The number of hydrogen-bond donors (Lipinski definition) is 1. The summed E-state index contributed by atoms with van der Waals surface area (Å²) >= 11 is 0. The SMILES string of the molecule is CCc1nc2cc(F)ccn2c1C(=O)NCc1ccc(N2CCN(c3ccc(OC(F)(F)F)cc3F)[C@@H](C)C2)c(F)c1. The van der Waals surface area contributed by atoms with Crippen LogP contribution in [0.15, 0.2) is 54.7 Å². The van der Waals surface area contributed by atoms with E-state index in [2.05, 4.69) is 15.0 Å². The Labute approximate surface area is 237 Å². The number of hydrogen-bond acceptors (Lipinski definition) is 5. The first-order chi connectivity index (χ1) is 19.9. The van der Waals surface area contributed by atoms with Crippen molar-refractivity contribution < 1.29 is 35.9 Å². The van der Waals surface area contributed by atoms with Crippen molar-refractivity contribution in [2.45, 2.75) is 39.2 Å². The topological polar surface area (TPSA) is 62.1 Å². The lowest BCUT2D eigenvalue weighted by Gasteiger charge is -2.42. The van der Waals surface area contributed by atoms with Gasteiger partial charge < -0.3 is 19.9 Å². The molecule has 13 heteroatoms. The molecule has 0 spiro atoms. The van der Waals surface area contributed by atoms with Crippen molar-refractivity contribution in [3.8, 4) is 5.75 Å². The van der Waals surface area contributed by atoms with Crippen molar-refractivity contribution in [1.82, 2.24) is 14.7 Å². The zero-order valence-corrected chi connectivity index (χ0v) is 22.7. The number of carbonyl (C=O) groups is 1. The third-order valence-corrected chi connectivity index (χ3v) is 7.11. The number of piperazine rings is 1. The second-order valence-corrected chi connectivity index (χ2v) is 9.95. The molecule has 2 aromatic carbocycles. The summed E-state index contributed by atoms with van der Waals surface area (Å²) in [5, 5.41) is 2.77. The summed E-state index contributed by atoms with van der Waals surface area (Å²) in [5.74, 6) is -2.88. The fourth-order valence-corrected chi connectivity index (χ4v) is 5.19. The number of rotatable bonds is 7. The highest BCUT2D eigenvalue weighted by Gasteiger charge is 2.32. The van der Waals surface area contributed by atoms with Crippen LogP contribution in [0.25, 0.3) is 5.65 Å². The zero-order valence-electron chi connectivity index (χ0n) is 22.7. The van der Waals surface area contributed by atoms with Crippen LogP contribution in [0.4, 0.5) is 37.7 Å². The lowest BCUT2D eigenvalue weighted by molar-refractivity contribution is -0.274. The van der Waals surface area contributed by atoms with E-state index in [0.29, 0.717) is 54.7 Å². The van der Waals surface area contributed by atoms with E-state index in [-0.39, 0.29) is 24.0 Å². The van der Waals surface area contributed by atoms with Crippen molar-refractivity contribution in [3.63, 3.8) is 0 Å². The minimum Gasteiger partial charge on any atom is -0.406 e. The van der Waals surface area contributed by atoms with Gasteiger partial charge in [-0.1, -0.05) is 13.0 Å². The molecule has 0 unspecified atom stereocenters. The molecule has 1 atom stereocenters. The number of imidazole rings is 1. The largest absolute Gasteiger partial charge is 0.573 e. The predicted molar refractivity (Wildman–Crippen MR) is 144 cm³/mol. The minimum atomic E-state index is -4.92. The van der Waals surface area contributed by atoms with E-state index >= 15 is 4.39 Å². The Morgan fingerprint density at radius 1 is 1.02 bits per heavy atom. The maximum absolute atomic E-state index is 15.2.